The number of hydrogen-bond donors (Lipinski definition) is 1. The summed E-state index contributed by atoms with van der Waals surface area (Å²) < 4.78 is 14.7. The quantitative estimate of drug-likeness (QED) is 0.802. The lowest BCUT2D eigenvalue weighted by Gasteiger charge is -2.42. The predicted octanol–water partition coefficient (Wildman–Crippen LogP) is 4.76. The molecule has 0 radical (unpaired) electrons. The second-order valence-electron chi connectivity index (χ2n) is 7.51. The van der Waals surface area contributed by atoms with E-state index in [1.165, 1.54) is 49.6 Å². The Morgan fingerprint density at radius 1 is 1.08 bits per heavy atom. The number of halogens is 1. The van der Waals surface area contributed by atoms with Crippen molar-refractivity contribution < 1.29 is 14.0 Å². The third kappa shape index (κ3) is 3.62. The summed E-state index contributed by atoms with van der Waals surface area (Å²) in [5, 5.41) is 10.1. The number of benzene rings is 2. The maximum absolute atomic E-state index is 13.6. The molecule has 2 aromatic carbocycles. The molecule has 2 aromatic rings. The molecule has 3 heteroatoms. The zero-order valence-electron chi connectivity index (χ0n) is 14.6. The van der Waals surface area contributed by atoms with Gasteiger partial charge >= 0.3 is 0 Å². The third-order valence-electron chi connectivity index (χ3n) is 5.52. The Labute approximate surface area is 144 Å². The van der Waals surface area contributed by atoms with E-state index in [1.807, 2.05) is 18.2 Å². The molecule has 0 aromatic heterocycles. The second kappa shape index (κ2) is 6.94. The normalized spacial score (nSPS) is 20.0. The molecule has 1 atom stereocenters. The van der Waals surface area contributed by atoms with E-state index in [2.05, 4.69) is 20.2 Å². The Morgan fingerprint density at radius 2 is 1.88 bits per heavy atom. The monoisotopic (exact) mass is 328 g/mol. The van der Waals surface area contributed by atoms with Crippen LogP contribution in [0.5, 0.6) is 5.75 Å². The maximum Gasteiger partial charge on any atom is 0.124 e. The third-order valence-corrected chi connectivity index (χ3v) is 5.52. The number of nitrogens with zero attached hydrogens (tertiary/aromatic N) is 1. The van der Waals surface area contributed by atoms with Crippen molar-refractivity contribution in [3.63, 3.8) is 0 Å². The van der Waals surface area contributed by atoms with Gasteiger partial charge in [-0.25, -0.2) is 4.39 Å². The molecule has 1 aliphatic heterocycles. The van der Waals surface area contributed by atoms with E-state index in [0.717, 1.165) is 22.9 Å². The number of phenols is 1. The highest BCUT2D eigenvalue weighted by atomic mass is 19.1. The first kappa shape index (κ1) is 17.0. The van der Waals surface area contributed by atoms with Crippen LogP contribution in [0.4, 0.5) is 4.39 Å². The molecule has 1 saturated heterocycles. The molecule has 128 valence electrons. The highest BCUT2D eigenvalue weighted by Crippen LogP contribution is 2.34. The minimum absolute atomic E-state index is 0.137. The molecular formula is C21H27FNO+. The van der Waals surface area contributed by atoms with Crippen molar-refractivity contribution in [1.82, 2.24) is 0 Å². The lowest BCUT2D eigenvalue weighted by Crippen LogP contribution is -2.51. The summed E-state index contributed by atoms with van der Waals surface area (Å²) in [5.74, 6) is -0.180. The Morgan fingerprint density at radius 3 is 2.67 bits per heavy atom. The SMILES string of the molecule is C[N+]1(C)CCCCC1CCc1ccccc1-c1cc(F)ccc1O. The zero-order valence-corrected chi connectivity index (χ0v) is 14.6. The Kier molecular flexibility index (Phi) is 4.91. The first-order valence-electron chi connectivity index (χ1n) is 8.87. The molecular weight excluding hydrogens is 301 g/mol. The van der Waals surface area contributed by atoms with Crippen LogP contribution in [-0.2, 0) is 6.42 Å². The van der Waals surface area contributed by atoms with Crippen LogP contribution in [-0.4, -0.2) is 36.3 Å². The summed E-state index contributed by atoms with van der Waals surface area (Å²) in [6.45, 7) is 1.25. The van der Waals surface area contributed by atoms with Gasteiger partial charge in [0.2, 0.25) is 0 Å². The fraction of sp³-hybridized carbons (Fsp3) is 0.429. The summed E-state index contributed by atoms with van der Waals surface area (Å²) in [6.07, 6.45) is 5.99. The van der Waals surface area contributed by atoms with Crippen LogP contribution < -0.4 is 0 Å². The van der Waals surface area contributed by atoms with E-state index in [4.69, 9.17) is 0 Å². The van der Waals surface area contributed by atoms with E-state index >= 15 is 0 Å². The van der Waals surface area contributed by atoms with Gasteiger partial charge in [0.25, 0.3) is 0 Å². The zero-order chi connectivity index (χ0) is 17.2. The van der Waals surface area contributed by atoms with Crippen LogP contribution in [0, 0.1) is 5.82 Å². The number of rotatable bonds is 4. The summed E-state index contributed by atoms with van der Waals surface area (Å²) in [6, 6.07) is 12.9. The minimum atomic E-state index is -0.317. The van der Waals surface area contributed by atoms with Gasteiger partial charge in [-0.2, -0.15) is 0 Å². The highest BCUT2D eigenvalue weighted by molar-refractivity contribution is 5.73. The van der Waals surface area contributed by atoms with E-state index in [9.17, 15) is 9.50 Å². The van der Waals surface area contributed by atoms with Crippen molar-refractivity contribution >= 4 is 0 Å². The van der Waals surface area contributed by atoms with Crippen LogP contribution >= 0.6 is 0 Å². The smallest absolute Gasteiger partial charge is 0.124 e. The molecule has 1 N–H and O–H groups in total. The second-order valence-corrected chi connectivity index (χ2v) is 7.51. The van der Waals surface area contributed by atoms with E-state index in [-0.39, 0.29) is 11.6 Å². The molecule has 3 rings (SSSR count). The molecule has 1 unspecified atom stereocenters. The molecule has 0 saturated carbocycles. The van der Waals surface area contributed by atoms with Crippen molar-refractivity contribution in [2.45, 2.75) is 38.1 Å². The molecule has 0 amide bonds. The predicted molar refractivity (Wildman–Crippen MR) is 96.4 cm³/mol. The first-order valence-corrected chi connectivity index (χ1v) is 8.87. The van der Waals surface area contributed by atoms with Gasteiger partial charge in [-0.1, -0.05) is 24.3 Å². The molecule has 0 aliphatic carbocycles. The number of hydrogen-bond acceptors (Lipinski definition) is 1. The Balaban J connectivity index is 1.83. The Hall–Kier alpha value is -1.87. The molecule has 1 fully saturated rings. The topological polar surface area (TPSA) is 20.2 Å². The summed E-state index contributed by atoms with van der Waals surface area (Å²) in [4.78, 5) is 0. The molecule has 0 spiro atoms. The highest BCUT2D eigenvalue weighted by Gasteiger charge is 2.31. The van der Waals surface area contributed by atoms with Crippen molar-refractivity contribution in [1.29, 1.82) is 0 Å². The molecule has 24 heavy (non-hydrogen) atoms. The summed E-state index contributed by atoms with van der Waals surface area (Å²) in [5.41, 5.74) is 2.71. The first-order chi connectivity index (χ1) is 11.5. The number of likely N-dealkylation sites (tertiary alicyclic amines) is 1. The van der Waals surface area contributed by atoms with Gasteiger partial charge in [-0.05, 0) is 55.0 Å². The van der Waals surface area contributed by atoms with E-state index in [0.29, 0.717) is 11.6 Å². The van der Waals surface area contributed by atoms with Crippen molar-refractivity contribution in [2.75, 3.05) is 20.6 Å². The number of phenolic OH excluding ortho intramolecular Hbond substituents is 1. The van der Waals surface area contributed by atoms with E-state index < -0.39 is 0 Å². The number of quaternary nitrogens is 1. The van der Waals surface area contributed by atoms with Gasteiger partial charge in [-0.15, -0.1) is 0 Å². The van der Waals surface area contributed by atoms with Crippen LogP contribution in [0.2, 0.25) is 0 Å². The average molecular weight is 328 g/mol. The van der Waals surface area contributed by atoms with Gasteiger partial charge < -0.3 is 9.59 Å². The van der Waals surface area contributed by atoms with Crippen LogP contribution in [0.3, 0.4) is 0 Å². The average Bonchev–Trinajstić information content (AvgIpc) is 2.56. The molecule has 1 aliphatic rings. The fourth-order valence-corrected chi connectivity index (χ4v) is 3.97. The maximum atomic E-state index is 13.6. The van der Waals surface area contributed by atoms with Crippen molar-refractivity contribution in [3.8, 4) is 16.9 Å². The van der Waals surface area contributed by atoms with Gasteiger partial charge in [0.1, 0.15) is 11.6 Å². The number of aromatic hydroxyl groups is 1. The largest absolute Gasteiger partial charge is 0.507 e. The lowest BCUT2D eigenvalue weighted by molar-refractivity contribution is -0.920. The van der Waals surface area contributed by atoms with Crippen molar-refractivity contribution in [2.24, 2.45) is 0 Å². The summed E-state index contributed by atoms with van der Waals surface area (Å²) in [7, 11) is 4.66. The standard InChI is InChI=1S/C21H26FNO/c1-23(2)14-6-5-8-18(23)12-10-16-7-3-4-9-19(16)20-15-17(22)11-13-21(20)24/h3-4,7,9,11,13,15,18H,5-6,8,10,12,14H2,1-2H3/p+1. The van der Waals surface area contributed by atoms with E-state index in [1.54, 1.807) is 0 Å². The molecule has 2 nitrogen and oxygen atoms in total. The van der Waals surface area contributed by atoms with Gasteiger partial charge in [0.05, 0.1) is 26.7 Å². The van der Waals surface area contributed by atoms with Crippen molar-refractivity contribution in [3.05, 3.63) is 53.8 Å². The fourth-order valence-electron chi connectivity index (χ4n) is 3.97. The van der Waals surface area contributed by atoms with Gasteiger partial charge in [0, 0.05) is 12.0 Å². The van der Waals surface area contributed by atoms with Gasteiger partial charge in [0.15, 0.2) is 0 Å². The van der Waals surface area contributed by atoms with Crippen LogP contribution in [0.15, 0.2) is 42.5 Å². The molecule has 1 heterocycles. The minimum Gasteiger partial charge on any atom is -0.507 e. The number of aryl methyl sites for hydroxylation is 1. The summed E-state index contributed by atoms with van der Waals surface area (Å²) >= 11 is 0. The van der Waals surface area contributed by atoms with Crippen LogP contribution in [0.1, 0.15) is 31.2 Å². The van der Waals surface area contributed by atoms with Crippen LogP contribution in [0.25, 0.3) is 11.1 Å². The number of piperidine rings is 1. The van der Waals surface area contributed by atoms with Gasteiger partial charge in [-0.3, -0.25) is 0 Å². The lowest BCUT2D eigenvalue weighted by atomic mass is 9.91. The molecule has 0 bridgehead atoms. The Bertz CT molecular complexity index is 711.